The summed E-state index contributed by atoms with van der Waals surface area (Å²) in [7, 11) is -3.81. The van der Waals surface area contributed by atoms with E-state index in [0.717, 1.165) is 4.47 Å². The predicted octanol–water partition coefficient (Wildman–Crippen LogP) is 2.98. The van der Waals surface area contributed by atoms with E-state index in [1.54, 1.807) is 24.4 Å². The van der Waals surface area contributed by atoms with Gasteiger partial charge in [0, 0.05) is 27.8 Å². The zero-order valence-corrected chi connectivity index (χ0v) is 14.1. The van der Waals surface area contributed by atoms with Crippen molar-refractivity contribution in [1.29, 1.82) is 0 Å². The first kappa shape index (κ1) is 15.9. The SMILES string of the molecule is CC(C)Nc1ncc(Br)cc1-c1ccccc1S(N)(=O)=O. The molecule has 21 heavy (non-hydrogen) atoms. The fourth-order valence-electron chi connectivity index (χ4n) is 1.97. The second-order valence-electron chi connectivity index (χ2n) is 4.89. The highest BCUT2D eigenvalue weighted by atomic mass is 79.9. The van der Waals surface area contributed by atoms with Crippen LogP contribution in [0.15, 0.2) is 45.9 Å². The van der Waals surface area contributed by atoms with E-state index in [1.165, 1.54) is 6.07 Å². The van der Waals surface area contributed by atoms with Crippen molar-refractivity contribution in [1.82, 2.24) is 4.98 Å². The Morgan fingerprint density at radius 2 is 1.90 bits per heavy atom. The summed E-state index contributed by atoms with van der Waals surface area (Å²) >= 11 is 3.36. The molecule has 0 aliphatic heterocycles. The summed E-state index contributed by atoms with van der Waals surface area (Å²) in [6.07, 6.45) is 1.66. The lowest BCUT2D eigenvalue weighted by Crippen LogP contribution is -2.15. The molecule has 0 saturated heterocycles. The predicted molar refractivity (Wildman–Crippen MR) is 87.5 cm³/mol. The Bertz CT molecular complexity index is 761. The van der Waals surface area contributed by atoms with Crippen LogP contribution in [-0.2, 0) is 10.0 Å². The van der Waals surface area contributed by atoms with Crippen LogP contribution >= 0.6 is 15.9 Å². The molecular weight excluding hydrogens is 354 g/mol. The summed E-state index contributed by atoms with van der Waals surface area (Å²) in [6, 6.07) is 8.61. The number of primary sulfonamides is 1. The number of sulfonamides is 1. The van der Waals surface area contributed by atoms with Crippen LogP contribution in [-0.4, -0.2) is 19.4 Å². The number of hydrogen-bond acceptors (Lipinski definition) is 4. The van der Waals surface area contributed by atoms with Gasteiger partial charge in [0.15, 0.2) is 0 Å². The Labute approximate surface area is 132 Å². The molecule has 0 aliphatic rings. The van der Waals surface area contributed by atoms with Crippen LogP contribution in [0.5, 0.6) is 0 Å². The summed E-state index contributed by atoms with van der Waals surface area (Å²) in [4.78, 5) is 4.40. The van der Waals surface area contributed by atoms with Crippen LogP contribution < -0.4 is 10.5 Å². The van der Waals surface area contributed by atoms with Crippen molar-refractivity contribution >= 4 is 31.8 Å². The maximum absolute atomic E-state index is 11.8. The van der Waals surface area contributed by atoms with Gasteiger partial charge in [-0.25, -0.2) is 18.5 Å². The fraction of sp³-hybridized carbons (Fsp3) is 0.214. The van der Waals surface area contributed by atoms with Crippen LogP contribution in [0.2, 0.25) is 0 Å². The average molecular weight is 370 g/mol. The Balaban J connectivity index is 2.70. The highest BCUT2D eigenvalue weighted by Crippen LogP contribution is 2.33. The Morgan fingerprint density at radius 1 is 1.24 bits per heavy atom. The summed E-state index contributed by atoms with van der Waals surface area (Å²) < 4.78 is 24.3. The minimum atomic E-state index is -3.81. The molecule has 0 amide bonds. The van der Waals surface area contributed by atoms with Gasteiger partial charge in [0.05, 0.1) is 4.90 Å². The molecular formula is C14H16BrN3O2S. The number of hydrogen-bond donors (Lipinski definition) is 2. The molecule has 0 aliphatic carbocycles. The third-order valence-corrected chi connectivity index (χ3v) is 4.17. The fourth-order valence-corrected chi connectivity index (χ4v) is 3.05. The molecule has 1 aromatic heterocycles. The van der Waals surface area contributed by atoms with Gasteiger partial charge in [0.2, 0.25) is 10.0 Å². The number of benzene rings is 1. The Hall–Kier alpha value is -1.44. The van der Waals surface area contributed by atoms with E-state index >= 15 is 0 Å². The van der Waals surface area contributed by atoms with Crippen LogP contribution in [0.4, 0.5) is 5.82 Å². The van der Waals surface area contributed by atoms with E-state index in [4.69, 9.17) is 5.14 Å². The lowest BCUT2D eigenvalue weighted by molar-refractivity contribution is 0.598. The van der Waals surface area contributed by atoms with E-state index in [0.29, 0.717) is 16.9 Å². The van der Waals surface area contributed by atoms with Gasteiger partial charge in [-0.15, -0.1) is 0 Å². The van der Waals surface area contributed by atoms with Crippen LogP contribution in [0.3, 0.4) is 0 Å². The lowest BCUT2D eigenvalue weighted by Gasteiger charge is -2.16. The molecule has 2 aromatic rings. The van der Waals surface area contributed by atoms with Crippen molar-refractivity contribution in [3.63, 3.8) is 0 Å². The van der Waals surface area contributed by atoms with E-state index in [1.807, 2.05) is 19.9 Å². The molecule has 0 spiro atoms. The number of nitrogens with zero attached hydrogens (tertiary/aromatic N) is 1. The smallest absolute Gasteiger partial charge is 0.238 e. The van der Waals surface area contributed by atoms with Crippen molar-refractivity contribution in [2.24, 2.45) is 5.14 Å². The molecule has 0 radical (unpaired) electrons. The number of nitrogens with one attached hydrogen (secondary N) is 1. The van der Waals surface area contributed by atoms with E-state index in [2.05, 4.69) is 26.2 Å². The third-order valence-electron chi connectivity index (χ3n) is 2.76. The van der Waals surface area contributed by atoms with Crippen molar-refractivity contribution < 1.29 is 8.42 Å². The standard InChI is InChI=1S/C14H16BrN3O2S/c1-9(2)18-14-12(7-10(15)8-17-14)11-5-3-4-6-13(11)21(16,19)20/h3-9H,1-2H3,(H,17,18)(H2,16,19,20). The molecule has 2 rings (SSSR count). The number of anilines is 1. The minimum absolute atomic E-state index is 0.0803. The number of halogens is 1. The van der Waals surface area contributed by atoms with E-state index < -0.39 is 10.0 Å². The second kappa shape index (κ2) is 6.13. The molecule has 0 saturated carbocycles. The largest absolute Gasteiger partial charge is 0.367 e. The first-order chi connectivity index (χ1) is 9.79. The average Bonchev–Trinajstić information content (AvgIpc) is 2.39. The number of aromatic nitrogens is 1. The molecule has 1 heterocycles. The lowest BCUT2D eigenvalue weighted by atomic mass is 10.1. The topological polar surface area (TPSA) is 85.1 Å². The van der Waals surface area contributed by atoms with Crippen LogP contribution in [0.25, 0.3) is 11.1 Å². The molecule has 0 fully saturated rings. The van der Waals surface area contributed by atoms with Gasteiger partial charge in [0.1, 0.15) is 5.82 Å². The quantitative estimate of drug-likeness (QED) is 0.867. The van der Waals surface area contributed by atoms with Crippen LogP contribution in [0, 0.1) is 0 Å². The second-order valence-corrected chi connectivity index (χ2v) is 7.34. The van der Waals surface area contributed by atoms with E-state index in [-0.39, 0.29) is 10.9 Å². The van der Waals surface area contributed by atoms with Crippen molar-refractivity contribution in [3.05, 3.63) is 41.0 Å². The van der Waals surface area contributed by atoms with Crippen LogP contribution in [0.1, 0.15) is 13.8 Å². The van der Waals surface area contributed by atoms with Crippen molar-refractivity contribution in [3.8, 4) is 11.1 Å². The number of pyridine rings is 1. The van der Waals surface area contributed by atoms with Gasteiger partial charge in [-0.05, 0) is 41.9 Å². The molecule has 112 valence electrons. The molecule has 0 bridgehead atoms. The van der Waals surface area contributed by atoms with Gasteiger partial charge in [-0.1, -0.05) is 18.2 Å². The Morgan fingerprint density at radius 3 is 2.52 bits per heavy atom. The van der Waals surface area contributed by atoms with Gasteiger partial charge < -0.3 is 5.32 Å². The van der Waals surface area contributed by atoms with Gasteiger partial charge in [-0.3, -0.25) is 0 Å². The molecule has 1 aromatic carbocycles. The third kappa shape index (κ3) is 3.81. The van der Waals surface area contributed by atoms with Gasteiger partial charge in [-0.2, -0.15) is 0 Å². The molecule has 3 N–H and O–H groups in total. The zero-order chi connectivity index (χ0) is 15.6. The van der Waals surface area contributed by atoms with Gasteiger partial charge >= 0.3 is 0 Å². The normalized spacial score (nSPS) is 11.7. The van der Waals surface area contributed by atoms with Crippen molar-refractivity contribution in [2.75, 3.05) is 5.32 Å². The highest BCUT2D eigenvalue weighted by Gasteiger charge is 2.18. The summed E-state index contributed by atoms with van der Waals surface area (Å²) in [6.45, 7) is 3.97. The summed E-state index contributed by atoms with van der Waals surface area (Å²) in [5, 5.41) is 8.51. The number of rotatable bonds is 4. The molecule has 0 atom stereocenters. The molecule has 0 unspecified atom stereocenters. The molecule has 5 nitrogen and oxygen atoms in total. The first-order valence-corrected chi connectivity index (χ1v) is 8.67. The highest BCUT2D eigenvalue weighted by molar-refractivity contribution is 9.10. The Kier molecular flexibility index (Phi) is 4.65. The monoisotopic (exact) mass is 369 g/mol. The number of nitrogens with two attached hydrogens (primary N) is 1. The summed E-state index contributed by atoms with van der Waals surface area (Å²) in [5.74, 6) is 0.615. The summed E-state index contributed by atoms with van der Waals surface area (Å²) in [5.41, 5.74) is 1.21. The minimum Gasteiger partial charge on any atom is -0.367 e. The zero-order valence-electron chi connectivity index (χ0n) is 11.7. The van der Waals surface area contributed by atoms with E-state index in [9.17, 15) is 8.42 Å². The maximum atomic E-state index is 11.8. The van der Waals surface area contributed by atoms with Gasteiger partial charge in [0.25, 0.3) is 0 Å². The maximum Gasteiger partial charge on any atom is 0.238 e. The molecule has 7 heteroatoms. The first-order valence-electron chi connectivity index (χ1n) is 6.33. The van der Waals surface area contributed by atoms with Crippen molar-refractivity contribution in [2.45, 2.75) is 24.8 Å².